The molecule has 1 aromatic heterocycles. The lowest BCUT2D eigenvalue weighted by atomic mass is 10.3. The van der Waals surface area contributed by atoms with Crippen LogP contribution < -0.4 is 5.32 Å². The molecule has 0 radical (unpaired) electrons. The van der Waals surface area contributed by atoms with Crippen molar-refractivity contribution >= 4 is 5.69 Å². The first kappa shape index (κ1) is 10.7. The summed E-state index contributed by atoms with van der Waals surface area (Å²) in [7, 11) is 0. The summed E-state index contributed by atoms with van der Waals surface area (Å²) in [6.45, 7) is 2.54. The highest BCUT2D eigenvalue weighted by Gasteiger charge is 2.02. The molecule has 2 nitrogen and oxygen atoms in total. The summed E-state index contributed by atoms with van der Waals surface area (Å²) in [4.78, 5) is 0. The predicted molar refractivity (Wildman–Crippen MR) is 61.8 cm³/mol. The van der Waals surface area contributed by atoms with Gasteiger partial charge in [0.05, 0.1) is 12.2 Å². The molecule has 0 saturated heterocycles. The molecule has 1 N–H and O–H groups in total. The van der Waals surface area contributed by atoms with Crippen molar-refractivity contribution in [2.24, 2.45) is 0 Å². The van der Waals surface area contributed by atoms with Crippen LogP contribution in [0.15, 0.2) is 40.8 Å². The number of rotatable bonds is 4. The highest BCUT2D eigenvalue weighted by molar-refractivity contribution is 5.44. The second kappa shape index (κ2) is 4.84. The van der Waals surface area contributed by atoms with Gasteiger partial charge >= 0.3 is 0 Å². The maximum Gasteiger partial charge on any atom is 0.146 e. The minimum atomic E-state index is -0.246. The van der Waals surface area contributed by atoms with Crippen molar-refractivity contribution in [2.45, 2.75) is 19.9 Å². The van der Waals surface area contributed by atoms with Crippen LogP contribution >= 0.6 is 0 Å². The van der Waals surface area contributed by atoms with Gasteiger partial charge in [0.15, 0.2) is 0 Å². The second-order valence-corrected chi connectivity index (χ2v) is 3.55. The van der Waals surface area contributed by atoms with Crippen LogP contribution in [-0.4, -0.2) is 0 Å². The Morgan fingerprint density at radius 1 is 1.12 bits per heavy atom. The topological polar surface area (TPSA) is 25.2 Å². The largest absolute Gasteiger partial charge is 0.464 e. The van der Waals surface area contributed by atoms with Crippen molar-refractivity contribution in [3.63, 3.8) is 0 Å². The van der Waals surface area contributed by atoms with Crippen LogP contribution in [0.25, 0.3) is 0 Å². The van der Waals surface area contributed by atoms with Crippen molar-refractivity contribution in [1.82, 2.24) is 0 Å². The van der Waals surface area contributed by atoms with Gasteiger partial charge in [0.2, 0.25) is 0 Å². The molecule has 0 fully saturated rings. The zero-order valence-corrected chi connectivity index (χ0v) is 9.16. The molecule has 0 amide bonds. The number of halogens is 1. The molecule has 0 spiro atoms. The van der Waals surface area contributed by atoms with E-state index < -0.39 is 0 Å². The lowest BCUT2D eigenvalue weighted by Gasteiger charge is -2.04. The van der Waals surface area contributed by atoms with Crippen LogP contribution in [0.1, 0.15) is 18.4 Å². The molecule has 0 aliphatic rings. The predicted octanol–water partition coefficient (Wildman–Crippen LogP) is 3.59. The molecule has 0 aliphatic heterocycles. The molecule has 84 valence electrons. The highest BCUT2D eigenvalue weighted by Crippen LogP contribution is 2.15. The summed E-state index contributed by atoms with van der Waals surface area (Å²) < 4.78 is 18.8. The standard InChI is InChI=1S/C13H14FNO/c1-2-10-7-8-11(16-10)9-15-13-6-4-3-5-12(13)14/h3-8,15H,2,9H2,1H3. The first-order valence-electron chi connectivity index (χ1n) is 5.35. The van der Waals surface area contributed by atoms with Gasteiger partial charge in [-0.25, -0.2) is 4.39 Å². The molecule has 0 saturated carbocycles. The van der Waals surface area contributed by atoms with Crippen LogP contribution in [0, 0.1) is 5.82 Å². The quantitative estimate of drug-likeness (QED) is 0.850. The van der Waals surface area contributed by atoms with Crippen LogP contribution in [0.2, 0.25) is 0 Å². The molecule has 3 heteroatoms. The number of aryl methyl sites for hydroxylation is 1. The molecule has 0 unspecified atom stereocenters. The summed E-state index contributed by atoms with van der Waals surface area (Å²) in [5, 5.41) is 3.00. The average Bonchev–Trinajstić information content (AvgIpc) is 2.76. The van der Waals surface area contributed by atoms with E-state index in [1.54, 1.807) is 18.2 Å². The lowest BCUT2D eigenvalue weighted by Crippen LogP contribution is -1.99. The Labute approximate surface area is 94.1 Å². The van der Waals surface area contributed by atoms with Gasteiger partial charge in [0.25, 0.3) is 0 Å². The molecule has 2 aromatic rings. The maximum atomic E-state index is 13.3. The Bertz CT molecular complexity index is 464. The van der Waals surface area contributed by atoms with E-state index in [1.807, 2.05) is 19.1 Å². The normalized spacial score (nSPS) is 10.4. The Kier molecular flexibility index (Phi) is 3.25. The van der Waals surface area contributed by atoms with Crippen molar-refractivity contribution in [2.75, 3.05) is 5.32 Å². The summed E-state index contributed by atoms with van der Waals surface area (Å²) in [6.07, 6.45) is 0.875. The monoisotopic (exact) mass is 219 g/mol. The SMILES string of the molecule is CCc1ccc(CNc2ccccc2F)o1. The molecule has 1 heterocycles. The Morgan fingerprint density at radius 3 is 2.56 bits per heavy atom. The molecule has 0 atom stereocenters. The number of furan rings is 1. The fourth-order valence-corrected chi connectivity index (χ4v) is 1.49. The van der Waals surface area contributed by atoms with Gasteiger partial charge < -0.3 is 9.73 Å². The Morgan fingerprint density at radius 2 is 1.88 bits per heavy atom. The van der Waals surface area contributed by atoms with Crippen molar-refractivity contribution in [3.05, 3.63) is 53.7 Å². The maximum absolute atomic E-state index is 13.3. The minimum Gasteiger partial charge on any atom is -0.464 e. The van der Waals surface area contributed by atoms with Gasteiger partial charge in [-0.15, -0.1) is 0 Å². The fourth-order valence-electron chi connectivity index (χ4n) is 1.49. The van der Waals surface area contributed by atoms with E-state index in [4.69, 9.17) is 4.42 Å². The Hall–Kier alpha value is -1.77. The third-order valence-corrected chi connectivity index (χ3v) is 2.39. The van der Waals surface area contributed by atoms with Crippen LogP contribution in [0.5, 0.6) is 0 Å². The van der Waals surface area contributed by atoms with E-state index in [-0.39, 0.29) is 5.82 Å². The van der Waals surface area contributed by atoms with E-state index in [2.05, 4.69) is 5.32 Å². The first-order chi connectivity index (χ1) is 7.79. The van der Waals surface area contributed by atoms with Gasteiger partial charge in [-0.05, 0) is 24.3 Å². The number of anilines is 1. The number of hydrogen-bond donors (Lipinski definition) is 1. The molecule has 1 aromatic carbocycles. The third kappa shape index (κ3) is 2.42. The molecule has 2 rings (SSSR count). The number of hydrogen-bond acceptors (Lipinski definition) is 2. The van der Waals surface area contributed by atoms with Crippen LogP contribution in [0.3, 0.4) is 0 Å². The second-order valence-electron chi connectivity index (χ2n) is 3.55. The first-order valence-corrected chi connectivity index (χ1v) is 5.35. The fraction of sp³-hybridized carbons (Fsp3) is 0.231. The zero-order valence-electron chi connectivity index (χ0n) is 9.16. The molecule has 16 heavy (non-hydrogen) atoms. The van der Waals surface area contributed by atoms with Gasteiger partial charge in [0, 0.05) is 6.42 Å². The molecular formula is C13H14FNO. The minimum absolute atomic E-state index is 0.246. The number of para-hydroxylation sites is 1. The smallest absolute Gasteiger partial charge is 0.146 e. The van der Waals surface area contributed by atoms with E-state index in [1.165, 1.54) is 6.07 Å². The number of nitrogens with one attached hydrogen (secondary N) is 1. The van der Waals surface area contributed by atoms with Gasteiger partial charge in [0.1, 0.15) is 17.3 Å². The van der Waals surface area contributed by atoms with E-state index >= 15 is 0 Å². The summed E-state index contributed by atoms with van der Waals surface area (Å²) in [6, 6.07) is 10.5. The Balaban J connectivity index is 1.99. The molecule has 0 aliphatic carbocycles. The van der Waals surface area contributed by atoms with E-state index in [0.717, 1.165) is 17.9 Å². The molecule has 0 bridgehead atoms. The summed E-state index contributed by atoms with van der Waals surface area (Å²) >= 11 is 0. The molecular weight excluding hydrogens is 205 g/mol. The van der Waals surface area contributed by atoms with Gasteiger partial charge in [-0.1, -0.05) is 19.1 Å². The average molecular weight is 219 g/mol. The van der Waals surface area contributed by atoms with E-state index in [9.17, 15) is 4.39 Å². The van der Waals surface area contributed by atoms with Crippen molar-refractivity contribution < 1.29 is 8.81 Å². The number of benzene rings is 1. The van der Waals surface area contributed by atoms with Gasteiger partial charge in [-0.2, -0.15) is 0 Å². The van der Waals surface area contributed by atoms with Crippen LogP contribution in [0.4, 0.5) is 10.1 Å². The third-order valence-electron chi connectivity index (χ3n) is 2.39. The highest BCUT2D eigenvalue weighted by atomic mass is 19.1. The summed E-state index contributed by atoms with van der Waals surface area (Å²) in [5.74, 6) is 1.52. The van der Waals surface area contributed by atoms with Crippen molar-refractivity contribution in [1.29, 1.82) is 0 Å². The van der Waals surface area contributed by atoms with Crippen LogP contribution in [-0.2, 0) is 13.0 Å². The van der Waals surface area contributed by atoms with E-state index in [0.29, 0.717) is 12.2 Å². The van der Waals surface area contributed by atoms with Gasteiger partial charge in [-0.3, -0.25) is 0 Å². The van der Waals surface area contributed by atoms with Crippen molar-refractivity contribution in [3.8, 4) is 0 Å². The zero-order chi connectivity index (χ0) is 11.4. The lowest BCUT2D eigenvalue weighted by molar-refractivity contribution is 0.475. The summed E-state index contributed by atoms with van der Waals surface area (Å²) in [5.41, 5.74) is 0.497.